The molecular formula is C6H8Br2O4. The highest BCUT2D eigenvalue weighted by atomic mass is 79.9. The van der Waals surface area contributed by atoms with E-state index in [0.29, 0.717) is 0 Å². The van der Waals surface area contributed by atoms with Gasteiger partial charge in [0.05, 0.1) is 0 Å². The van der Waals surface area contributed by atoms with E-state index in [1.807, 2.05) is 0 Å². The summed E-state index contributed by atoms with van der Waals surface area (Å²) in [7, 11) is 0. The van der Waals surface area contributed by atoms with Crippen LogP contribution in [0.2, 0.25) is 0 Å². The maximum absolute atomic E-state index is 10.7. The minimum atomic E-state index is -0.642. The first-order chi connectivity index (χ1) is 5.45. The Morgan fingerprint density at radius 1 is 1.00 bits per heavy atom. The molecule has 6 heteroatoms. The number of hydrogen-bond acceptors (Lipinski definition) is 4. The molecular weight excluding hydrogens is 296 g/mol. The summed E-state index contributed by atoms with van der Waals surface area (Å²) >= 11 is 5.90. The zero-order valence-electron chi connectivity index (χ0n) is 6.54. The molecule has 0 saturated heterocycles. The maximum Gasteiger partial charge on any atom is 0.368 e. The molecule has 0 aromatic heterocycles. The van der Waals surface area contributed by atoms with E-state index in [-0.39, 0.29) is 0 Å². The van der Waals surface area contributed by atoms with Crippen molar-refractivity contribution in [2.45, 2.75) is 23.5 Å². The highest BCUT2D eigenvalue weighted by molar-refractivity contribution is 9.10. The van der Waals surface area contributed by atoms with Gasteiger partial charge in [-0.2, -0.15) is 0 Å². The molecule has 0 aliphatic heterocycles. The molecule has 12 heavy (non-hydrogen) atoms. The van der Waals surface area contributed by atoms with Crippen LogP contribution in [0.4, 0.5) is 0 Å². The normalized spacial score (nSPS) is 14.7. The summed E-state index contributed by atoms with van der Waals surface area (Å²) in [5.41, 5.74) is 0. The van der Waals surface area contributed by atoms with Crippen LogP contribution in [0, 0.1) is 0 Å². The van der Waals surface area contributed by atoms with Gasteiger partial charge in [-0.25, -0.2) is 19.4 Å². The quantitative estimate of drug-likeness (QED) is 0.441. The standard InChI is InChI=1S/C6H8Br2O4/c1-3(7)5(9)11-12-6(10)4(2)8/h3-4H,1-2H3. The summed E-state index contributed by atoms with van der Waals surface area (Å²) < 4.78 is 0. The molecule has 0 aliphatic rings. The van der Waals surface area contributed by atoms with Crippen LogP contribution in [0.15, 0.2) is 0 Å². The summed E-state index contributed by atoms with van der Waals surface area (Å²) in [6, 6.07) is 0. The first-order valence-electron chi connectivity index (χ1n) is 3.15. The van der Waals surface area contributed by atoms with E-state index in [1.165, 1.54) is 0 Å². The van der Waals surface area contributed by atoms with Crippen LogP contribution in [0.5, 0.6) is 0 Å². The summed E-state index contributed by atoms with van der Waals surface area (Å²) in [5, 5.41) is 0. The van der Waals surface area contributed by atoms with Gasteiger partial charge >= 0.3 is 11.9 Å². The predicted molar refractivity (Wildman–Crippen MR) is 49.0 cm³/mol. The summed E-state index contributed by atoms with van der Waals surface area (Å²) in [6.45, 7) is 3.13. The second-order valence-corrected chi connectivity index (χ2v) is 4.78. The van der Waals surface area contributed by atoms with Crippen LogP contribution in [0.1, 0.15) is 13.8 Å². The molecule has 0 fully saturated rings. The van der Waals surface area contributed by atoms with Gasteiger partial charge < -0.3 is 0 Å². The molecule has 0 bridgehead atoms. The largest absolute Gasteiger partial charge is 0.368 e. The molecule has 0 radical (unpaired) electrons. The van der Waals surface area contributed by atoms with Crippen LogP contribution in [-0.4, -0.2) is 21.6 Å². The number of halogens is 2. The van der Waals surface area contributed by atoms with Crippen molar-refractivity contribution in [1.29, 1.82) is 0 Å². The number of carbonyl (C=O) groups excluding carboxylic acids is 2. The van der Waals surface area contributed by atoms with Crippen LogP contribution in [-0.2, 0) is 19.4 Å². The Kier molecular flexibility index (Phi) is 5.48. The van der Waals surface area contributed by atoms with Crippen LogP contribution in [0.3, 0.4) is 0 Å². The molecule has 2 atom stereocenters. The van der Waals surface area contributed by atoms with Crippen molar-refractivity contribution in [2.75, 3.05) is 0 Å². The monoisotopic (exact) mass is 302 g/mol. The van der Waals surface area contributed by atoms with E-state index >= 15 is 0 Å². The molecule has 2 unspecified atom stereocenters. The van der Waals surface area contributed by atoms with Crippen molar-refractivity contribution in [2.24, 2.45) is 0 Å². The molecule has 0 saturated carbocycles. The summed E-state index contributed by atoms with van der Waals surface area (Å²) in [4.78, 5) is 28.8. The zero-order chi connectivity index (χ0) is 9.72. The number of rotatable bonds is 2. The van der Waals surface area contributed by atoms with Crippen molar-refractivity contribution in [3.63, 3.8) is 0 Å². The van der Waals surface area contributed by atoms with Gasteiger partial charge in [0.2, 0.25) is 0 Å². The fourth-order valence-corrected chi connectivity index (χ4v) is 0.367. The van der Waals surface area contributed by atoms with E-state index in [0.717, 1.165) is 0 Å². The molecule has 0 heterocycles. The van der Waals surface area contributed by atoms with Crippen molar-refractivity contribution in [1.82, 2.24) is 0 Å². The van der Waals surface area contributed by atoms with E-state index in [1.54, 1.807) is 13.8 Å². The van der Waals surface area contributed by atoms with Gasteiger partial charge in [-0.15, -0.1) is 0 Å². The average molecular weight is 304 g/mol. The van der Waals surface area contributed by atoms with E-state index in [9.17, 15) is 9.59 Å². The zero-order valence-corrected chi connectivity index (χ0v) is 9.72. The lowest BCUT2D eigenvalue weighted by Crippen LogP contribution is -2.20. The SMILES string of the molecule is CC(Br)C(=O)OOC(=O)C(C)Br. The Hall–Kier alpha value is -0.100. The van der Waals surface area contributed by atoms with Crippen LogP contribution < -0.4 is 0 Å². The Balaban J connectivity index is 3.69. The topological polar surface area (TPSA) is 52.6 Å². The van der Waals surface area contributed by atoms with Gasteiger partial charge in [0.1, 0.15) is 9.65 Å². The number of hydrogen-bond donors (Lipinski definition) is 0. The lowest BCUT2D eigenvalue weighted by molar-refractivity contribution is -0.257. The molecule has 0 spiro atoms. The molecule has 70 valence electrons. The molecule has 0 aromatic rings. The predicted octanol–water partition coefficient (Wildman–Crippen LogP) is 1.55. The summed E-state index contributed by atoms with van der Waals surface area (Å²) in [5.74, 6) is -1.28. The Bertz CT molecular complexity index is 158. The third kappa shape index (κ3) is 4.71. The van der Waals surface area contributed by atoms with Crippen molar-refractivity contribution >= 4 is 43.8 Å². The highest BCUT2D eigenvalue weighted by Crippen LogP contribution is 2.04. The van der Waals surface area contributed by atoms with Gasteiger partial charge in [-0.1, -0.05) is 31.9 Å². The minimum absolute atomic E-state index is 0.490. The number of carbonyl (C=O) groups is 2. The smallest absolute Gasteiger partial charge is 0.246 e. The molecule has 4 nitrogen and oxygen atoms in total. The van der Waals surface area contributed by atoms with Crippen molar-refractivity contribution in [3.05, 3.63) is 0 Å². The van der Waals surface area contributed by atoms with E-state index < -0.39 is 21.6 Å². The van der Waals surface area contributed by atoms with Crippen molar-refractivity contribution in [3.8, 4) is 0 Å². The molecule has 0 aliphatic carbocycles. The minimum Gasteiger partial charge on any atom is -0.246 e. The van der Waals surface area contributed by atoms with Gasteiger partial charge in [-0.05, 0) is 13.8 Å². The van der Waals surface area contributed by atoms with Crippen LogP contribution in [0.25, 0.3) is 0 Å². The second kappa shape index (κ2) is 5.53. The fourth-order valence-electron chi connectivity index (χ4n) is 0.215. The molecule has 0 amide bonds. The second-order valence-electron chi connectivity index (χ2n) is 2.04. The molecule has 0 N–H and O–H groups in total. The van der Waals surface area contributed by atoms with Gasteiger partial charge in [-0.3, -0.25) is 0 Å². The lowest BCUT2D eigenvalue weighted by atomic mass is 10.5. The third-order valence-corrected chi connectivity index (χ3v) is 1.60. The fraction of sp³-hybridized carbons (Fsp3) is 0.667. The van der Waals surface area contributed by atoms with Gasteiger partial charge in [0.15, 0.2) is 0 Å². The summed E-state index contributed by atoms with van der Waals surface area (Å²) in [6.07, 6.45) is 0. The lowest BCUT2D eigenvalue weighted by Gasteiger charge is -2.04. The Labute approximate surface area is 86.8 Å². The van der Waals surface area contributed by atoms with Gasteiger partial charge in [0.25, 0.3) is 0 Å². The first kappa shape index (κ1) is 11.9. The first-order valence-corrected chi connectivity index (χ1v) is 4.98. The number of alkyl halides is 2. The van der Waals surface area contributed by atoms with E-state index in [2.05, 4.69) is 41.6 Å². The van der Waals surface area contributed by atoms with Crippen LogP contribution >= 0.6 is 31.9 Å². The average Bonchev–Trinajstić information content (AvgIpc) is 1.98. The Morgan fingerprint density at radius 3 is 1.42 bits per heavy atom. The highest BCUT2D eigenvalue weighted by Gasteiger charge is 2.17. The Morgan fingerprint density at radius 2 is 1.25 bits per heavy atom. The maximum atomic E-state index is 10.7. The van der Waals surface area contributed by atoms with Crippen molar-refractivity contribution < 1.29 is 19.4 Å². The third-order valence-electron chi connectivity index (χ3n) is 0.856. The van der Waals surface area contributed by atoms with Gasteiger partial charge in [0, 0.05) is 0 Å². The molecule has 0 aromatic carbocycles. The van der Waals surface area contributed by atoms with E-state index in [4.69, 9.17) is 0 Å². The molecule has 0 rings (SSSR count).